The highest BCUT2D eigenvalue weighted by atomic mass is 32.2. The van der Waals surface area contributed by atoms with Gasteiger partial charge in [-0.15, -0.1) is 0 Å². The smallest absolute Gasteiger partial charge is 0.260 e. The van der Waals surface area contributed by atoms with Crippen LogP contribution in [0.2, 0.25) is 0 Å². The molecule has 2 fully saturated rings. The Bertz CT molecular complexity index is 525. The van der Waals surface area contributed by atoms with Crippen LogP contribution in [0, 0.1) is 12.8 Å². The highest BCUT2D eigenvalue weighted by molar-refractivity contribution is 7.89. The quantitative estimate of drug-likeness (QED) is 0.798. The van der Waals surface area contributed by atoms with E-state index in [0.717, 1.165) is 19.4 Å². The minimum absolute atomic E-state index is 0.207. The maximum Gasteiger partial charge on any atom is 0.260 e. The molecule has 2 atom stereocenters. The third kappa shape index (κ3) is 1.96. The zero-order valence-electron chi connectivity index (χ0n) is 10.4. The van der Waals surface area contributed by atoms with Crippen molar-refractivity contribution in [3.05, 3.63) is 12.0 Å². The minimum atomic E-state index is -3.40. The van der Waals surface area contributed by atoms with Crippen LogP contribution in [0.25, 0.3) is 0 Å². The molecule has 0 radical (unpaired) electrons. The van der Waals surface area contributed by atoms with E-state index in [1.54, 1.807) is 11.2 Å². The van der Waals surface area contributed by atoms with E-state index in [4.69, 9.17) is 0 Å². The second-order valence-corrected chi connectivity index (χ2v) is 7.02. The van der Waals surface area contributed by atoms with E-state index in [1.165, 1.54) is 6.20 Å². The Kier molecular flexibility index (Phi) is 2.91. The first-order valence-electron chi connectivity index (χ1n) is 6.32. The first kappa shape index (κ1) is 12.1. The van der Waals surface area contributed by atoms with Gasteiger partial charge in [-0.25, -0.2) is 13.4 Å². The van der Waals surface area contributed by atoms with E-state index < -0.39 is 10.0 Å². The minimum Gasteiger partial charge on any atom is -0.332 e. The van der Waals surface area contributed by atoms with E-state index in [-0.39, 0.29) is 5.03 Å². The summed E-state index contributed by atoms with van der Waals surface area (Å²) in [6.45, 7) is 3.95. The van der Waals surface area contributed by atoms with Crippen LogP contribution in [-0.2, 0) is 10.0 Å². The maximum absolute atomic E-state index is 12.4. The van der Waals surface area contributed by atoms with E-state index in [2.05, 4.69) is 15.3 Å². The molecule has 1 aromatic rings. The predicted molar refractivity (Wildman–Crippen MR) is 66.6 cm³/mol. The lowest BCUT2D eigenvalue weighted by Gasteiger charge is -2.24. The van der Waals surface area contributed by atoms with Gasteiger partial charge >= 0.3 is 0 Å². The first-order chi connectivity index (χ1) is 8.57. The number of H-pyrrole nitrogens is 1. The molecular formula is C11H18N4O2S. The van der Waals surface area contributed by atoms with Gasteiger partial charge < -0.3 is 10.3 Å². The molecule has 100 valence electrons. The summed E-state index contributed by atoms with van der Waals surface area (Å²) in [7, 11) is -3.40. The number of aromatic nitrogens is 2. The number of hydrogen-bond donors (Lipinski definition) is 2. The molecule has 3 rings (SSSR count). The van der Waals surface area contributed by atoms with E-state index in [0.29, 0.717) is 30.9 Å². The summed E-state index contributed by atoms with van der Waals surface area (Å²) in [6, 6.07) is 0.317. The number of nitrogens with zero attached hydrogens (tertiary/aromatic N) is 2. The molecule has 2 saturated heterocycles. The van der Waals surface area contributed by atoms with E-state index in [9.17, 15) is 8.42 Å². The molecule has 0 aliphatic carbocycles. The highest BCUT2D eigenvalue weighted by Crippen LogP contribution is 2.28. The van der Waals surface area contributed by atoms with Gasteiger partial charge in [0.25, 0.3) is 10.0 Å². The molecule has 0 spiro atoms. The number of aromatic amines is 1. The van der Waals surface area contributed by atoms with Crippen LogP contribution in [0.1, 0.15) is 18.7 Å². The third-order valence-electron chi connectivity index (χ3n) is 3.86. The molecule has 0 aromatic carbocycles. The second kappa shape index (κ2) is 4.32. The van der Waals surface area contributed by atoms with Gasteiger partial charge in [-0.3, -0.25) is 0 Å². The van der Waals surface area contributed by atoms with Crippen LogP contribution >= 0.6 is 0 Å². The van der Waals surface area contributed by atoms with Crippen molar-refractivity contribution in [2.24, 2.45) is 5.92 Å². The number of piperidine rings is 1. The molecule has 0 unspecified atom stereocenters. The van der Waals surface area contributed by atoms with Crippen LogP contribution in [0.3, 0.4) is 0 Å². The topological polar surface area (TPSA) is 78.1 Å². The normalized spacial score (nSPS) is 29.4. The fraction of sp³-hybridized carbons (Fsp3) is 0.727. The fourth-order valence-corrected chi connectivity index (χ4v) is 4.36. The van der Waals surface area contributed by atoms with Gasteiger partial charge in [0.1, 0.15) is 5.82 Å². The lowest BCUT2D eigenvalue weighted by atomic mass is 9.94. The Hall–Kier alpha value is -0.920. The summed E-state index contributed by atoms with van der Waals surface area (Å²) in [5, 5.41) is 3.61. The average molecular weight is 270 g/mol. The van der Waals surface area contributed by atoms with Gasteiger partial charge in [0.05, 0.1) is 6.20 Å². The second-order valence-electron chi connectivity index (χ2n) is 5.12. The van der Waals surface area contributed by atoms with E-state index >= 15 is 0 Å². The summed E-state index contributed by atoms with van der Waals surface area (Å²) in [6.07, 6.45) is 3.66. The summed E-state index contributed by atoms with van der Waals surface area (Å²) >= 11 is 0. The van der Waals surface area contributed by atoms with Crippen molar-refractivity contribution >= 4 is 10.0 Å². The van der Waals surface area contributed by atoms with Crippen molar-refractivity contribution in [1.82, 2.24) is 19.6 Å². The molecule has 0 amide bonds. The van der Waals surface area contributed by atoms with Crippen molar-refractivity contribution in [3.8, 4) is 0 Å². The van der Waals surface area contributed by atoms with Crippen LogP contribution < -0.4 is 5.32 Å². The maximum atomic E-state index is 12.4. The van der Waals surface area contributed by atoms with Crippen molar-refractivity contribution in [2.75, 3.05) is 19.6 Å². The number of hydrogen-bond acceptors (Lipinski definition) is 4. The van der Waals surface area contributed by atoms with Crippen molar-refractivity contribution in [1.29, 1.82) is 0 Å². The molecular weight excluding hydrogens is 252 g/mol. The van der Waals surface area contributed by atoms with Crippen molar-refractivity contribution in [2.45, 2.75) is 30.8 Å². The molecule has 6 nitrogen and oxygen atoms in total. The van der Waals surface area contributed by atoms with Gasteiger partial charge in [-0.2, -0.15) is 4.31 Å². The average Bonchev–Trinajstić information content (AvgIpc) is 2.94. The number of sulfonamides is 1. The summed E-state index contributed by atoms with van der Waals surface area (Å²) in [5.74, 6) is 1.08. The fourth-order valence-electron chi connectivity index (χ4n) is 2.87. The van der Waals surface area contributed by atoms with Crippen LogP contribution in [-0.4, -0.2) is 48.4 Å². The Labute approximate surface area is 107 Å². The molecule has 2 aliphatic heterocycles. The lowest BCUT2D eigenvalue weighted by molar-refractivity contribution is 0.339. The Morgan fingerprint density at radius 1 is 1.44 bits per heavy atom. The molecule has 3 heterocycles. The molecule has 2 aliphatic rings. The summed E-state index contributed by atoms with van der Waals surface area (Å²) in [4.78, 5) is 6.78. The Morgan fingerprint density at radius 2 is 2.28 bits per heavy atom. The molecule has 2 N–H and O–H groups in total. The van der Waals surface area contributed by atoms with Gasteiger partial charge in [0.2, 0.25) is 0 Å². The van der Waals surface area contributed by atoms with Crippen LogP contribution in [0.15, 0.2) is 11.2 Å². The summed E-state index contributed by atoms with van der Waals surface area (Å²) in [5.41, 5.74) is 0. The highest BCUT2D eigenvalue weighted by Gasteiger charge is 2.40. The SMILES string of the molecule is Cc1ncc(S(=O)(=O)N2C[C@@H]3CCCN[C@@H]3C2)[nH]1. The van der Waals surface area contributed by atoms with Gasteiger partial charge in [-0.05, 0) is 32.2 Å². The largest absolute Gasteiger partial charge is 0.332 e. The molecule has 18 heavy (non-hydrogen) atoms. The standard InChI is InChI=1S/C11H18N4O2S/c1-8-13-5-11(14-8)18(16,17)15-6-9-3-2-4-12-10(9)7-15/h5,9-10,12H,2-4,6-7H2,1H3,(H,13,14)/t9-,10+/m0/s1. The molecule has 1 aromatic heterocycles. The third-order valence-corrected chi connectivity index (χ3v) is 5.60. The van der Waals surface area contributed by atoms with Crippen LogP contribution in [0.5, 0.6) is 0 Å². The van der Waals surface area contributed by atoms with Crippen molar-refractivity contribution < 1.29 is 8.42 Å². The van der Waals surface area contributed by atoms with Crippen LogP contribution in [0.4, 0.5) is 0 Å². The predicted octanol–water partition coefficient (Wildman–Crippen LogP) is 0.0906. The number of fused-ring (bicyclic) bond motifs is 1. The Balaban J connectivity index is 1.83. The number of nitrogens with one attached hydrogen (secondary N) is 2. The summed E-state index contributed by atoms with van der Waals surface area (Å²) < 4.78 is 26.4. The molecule has 7 heteroatoms. The van der Waals surface area contributed by atoms with Gasteiger partial charge in [0.15, 0.2) is 5.03 Å². The van der Waals surface area contributed by atoms with Gasteiger partial charge in [0, 0.05) is 19.1 Å². The monoisotopic (exact) mass is 270 g/mol. The zero-order valence-corrected chi connectivity index (χ0v) is 11.2. The number of aryl methyl sites for hydroxylation is 1. The Morgan fingerprint density at radius 3 is 2.94 bits per heavy atom. The first-order valence-corrected chi connectivity index (χ1v) is 7.76. The molecule has 0 saturated carbocycles. The van der Waals surface area contributed by atoms with Gasteiger partial charge in [-0.1, -0.05) is 0 Å². The molecule has 0 bridgehead atoms. The van der Waals surface area contributed by atoms with E-state index in [1.807, 2.05) is 0 Å². The number of rotatable bonds is 2. The zero-order chi connectivity index (χ0) is 12.8. The lowest BCUT2D eigenvalue weighted by Crippen LogP contribution is -2.41. The van der Waals surface area contributed by atoms with Crippen molar-refractivity contribution in [3.63, 3.8) is 0 Å². The number of imidazole rings is 1.